The van der Waals surface area contributed by atoms with Crippen molar-refractivity contribution in [2.24, 2.45) is 17.8 Å². The van der Waals surface area contributed by atoms with Gasteiger partial charge in [-0.2, -0.15) is 0 Å². The zero-order chi connectivity index (χ0) is 20.9. The second-order valence-corrected chi connectivity index (χ2v) is 9.06. The molecule has 0 bridgehead atoms. The van der Waals surface area contributed by atoms with E-state index in [2.05, 4.69) is 13.8 Å². The van der Waals surface area contributed by atoms with Crippen LogP contribution in [0.4, 0.5) is 0 Å². The Bertz CT molecular complexity index is 643. The summed E-state index contributed by atoms with van der Waals surface area (Å²) in [6.07, 6.45) is 4.15. The van der Waals surface area contributed by atoms with Crippen LogP contribution in [0.15, 0.2) is 11.8 Å². The highest BCUT2D eigenvalue weighted by atomic mass is 16.8. The molecule has 1 aliphatic carbocycles. The van der Waals surface area contributed by atoms with Crippen molar-refractivity contribution in [1.29, 1.82) is 0 Å². The van der Waals surface area contributed by atoms with Crippen LogP contribution >= 0.6 is 0 Å². The molecule has 3 aliphatic rings. The van der Waals surface area contributed by atoms with E-state index < -0.39 is 23.0 Å². The van der Waals surface area contributed by atoms with Crippen LogP contribution in [-0.2, 0) is 23.7 Å². The van der Waals surface area contributed by atoms with Crippen LogP contribution in [0.25, 0.3) is 0 Å². The van der Waals surface area contributed by atoms with Gasteiger partial charge in [0.15, 0.2) is 5.79 Å². The Morgan fingerprint density at radius 2 is 1.93 bits per heavy atom. The minimum atomic E-state index is -1.23. The van der Waals surface area contributed by atoms with Crippen LogP contribution < -0.4 is 0 Å². The molecule has 3 fully saturated rings. The average Bonchev–Trinajstić information content (AvgIpc) is 3.20. The van der Waals surface area contributed by atoms with E-state index >= 15 is 0 Å². The summed E-state index contributed by atoms with van der Waals surface area (Å²) in [6.45, 7) is 12.1. The van der Waals surface area contributed by atoms with Gasteiger partial charge in [-0.05, 0) is 46.0 Å². The maximum Gasteiger partial charge on any atom is 0.333 e. The third-order valence-electron chi connectivity index (χ3n) is 7.20. The van der Waals surface area contributed by atoms with Crippen molar-refractivity contribution in [2.75, 3.05) is 7.11 Å². The Morgan fingerprint density at radius 1 is 1.25 bits per heavy atom. The van der Waals surface area contributed by atoms with Gasteiger partial charge in [0.05, 0.1) is 25.4 Å². The van der Waals surface area contributed by atoms with E-state index in [1.807, 2.05) is 27.7 Å². The van der Waals surface area contributed by atoms with Crippen molar-refractivity contribution in [3.05, 3.63) is 11.8 Å². The highest BCUT2D eigenvalue weighted by Gasteiger charge is 2.70. The summed E-state index contributed by atoms with van der Waals surface area (Å²) in [7, 11) is 1.33. The molecule has 28 heavy (non-hydrogen) atoms. The minimum Gasteiger partial charge on any atom is -0.488 e. The first-order valence-corrected chi connectivity index (χ1v) is 10.6. The average molecular weight is 397 g/mol. The third kappa shape index (κ3) is 3.17. The zero-order valence-corrected chi connectivity index (χ0v) is 18.3. The quantitative estimate of drug-likeness (QED) is 0.566. The molecule has 0 spiro atoms. The maximum atomic E-state index is 11.9. The van der Waals surface area contributed by atoms with Gasteiger partial charge in [0.2, 0.25) is 0 Å². The van der Waals surface area contributed by atoms with Crippen molar-refractivity contribution in [1.82, 2.24) is 0 Å². The van der Waals surface area contributed by atoms with Crippen LogP contribution in [0, 0.1) is 17.8 Å². The van der Waals surface area contributed by atoms with Crippen LogP contribution in [0.5, 0.6) is 0 Å². The number of methoxy groups -OCH3 is 1. The van der Waals surface area contributed by atoms with Crippen LogP contribution in [0.2, 0.25) is 0 Å². The summed E-state index contributed by atoms with van der Waals surface area (Å²) in [6, 6.07) is 0. The largest absolute Gasteiger partial charge is 0.488 e. The van der Waals surface area contributed by atoms with Crippen molar-refractivity contribution in [3.63, 3.8) is 0 Å². The summed E-state index contributed by atoms with van der Waals surface area (Å²) in [5.41, 5.74) is -1.74. The normalized spacial score (nSPS) is 45.9. The van der Waals surface area contributed by atoms with Crippen molar-refractivity contribution in [3.8, 4) is 0 Å². The molecule has 0 amide bonds. The first kappa shape index (κ1) is 21.6. The van der Waals surface area contributed by atoms with E-state index in [1.165, 1.54) is 13.2 Å². The third-order valence-corrected chi connectivity index (χ3v) is 7.20. The molecule has 0 radical (unpaired) electrons. The van der Waals surface area contributed by atoms with E-state index in [0.29, 0.717) is 18.1 Å². The van der Waals surface area contributed by atoms with Crippen LogP contribution in [0.1, 0.15) is 67.2 Å². The molecule has 7 atom stereocenters. The van der Waals surface area contributed by atoms with Gasteiger partial charge < -0.3 is 24.1 Å². The molecular formula is C22H36O6. The Morgan fingerprint density at radius 3 is 2.39 bits per heavy atom. The van der Waals surface area contributed by atoms with Crippen molar-refractivity contribution >= 4 is 5.97 Å². The van der Waals surface area contributed by atoms with Crippen molar-refractivity contribution in [2.45, 2.75) is 96.4 Å². The van der Waals surface area contributed by atoms with Gasteiger partial charge in [0, 0.05) is 11.8 Å². The summed E-state index contributed by atoms with van der Waals surface area (Å²) >= 11 is 0. The molecule has 0 unspecified atom stereocenters. The lowest BCUT2D eigenvalue weighted by Crippen LogP contribution is -2.49. The monoisotopic (exact) mass is 396 g/mol. The highest BCUT2D eigenvalue weighted by molar-refractivity contribution is 5.82. The fourth-order valence-electron chi connectivity index (χ4n) is 6.03. The number of carbonyl (C=O) groups is 1. The lowest BCUT2D eigenvalue weighted by molar-refractivity contribution is -0.157. The molecule has 3 rings (SSSR count). The number of aliphatic hydroxyl groups is 1. The molecular weight excluding hydrogens is 360 g/mol. The van der Waals surface area contributed by atoms with Crippen LogP contribution in [-0.4, -0.2) is 47.4 Å². The second kappa shape index (κ2) is 7.29. The Kier molecular flexibility index (Phi) is 5.63. The summed E-state index contributed by atoms with van der Waals surface area (Å²) < 4.78 is 23.6. The number of hydrogen-bond donors (Lipinski definition) is 1. The van der Waals surface area contributed by atoms with E-state index in [4.69, 9.17) is 18.9 Å². The summed E-state index contributed by atoms with van der Waals surface area (Å²) in [5, 5.41) is 11.8. The molecule has 0 aromatic rings. The molecule has 2 saturated heterocycles. The number of esters is 1. The molecule has 6 nitrogen and oxygen atoms in total. The number of carbonyl (C=O) groups excluding carboxylic acids is 1. The predicted molar refractivity (Wildman–Crippen MR) is 104 cm³/mol. The molecule has 1 saturated carbocycles. The smallest absolute Gasteiger partial charge is 0.333 e. The van der Waals surface area contributed by atoms with E-state index in [1.54, 1.807) is 0 Å². The standard InChI is InChI=1S/C22H36O6/c1-8-14-12-21(9-2)19(17(14)18-13(4)26-20(5,6)28-18)22(24,10-3)15(27-21)11-16(23)25-7/h11,13-14,17-19,24H,8-10,12H2,1-7H3/b15-11-/t13-,14-,17-,18-,19+,21-,22-/m1/s1. The number of fused-ring (bicyclic) bond motifs is 1. The number of hydrogen-bond acceptors (Lipinski definition) is 6. The summed E-state index contributed by atoms with van der Waals surface area (Å²) in [4.78, 5) is 11.9. The zero-order valence-electron chi connectivity index (χ0n) is 18.3. The van der Waals surface area contributed by atoms with Gasteiger partial charge in [-0.1, -0.05) is 27.2 Å². The molecule has 2 heterocycles. The van der Waals surface area contributed by atoms with Gasteiger partial charge in [0.25, 0.3) is 0 Å². The Labute approximate surface area is 168 Å². The molecule has 1 N–H and O–H groups in total. The summed E-state index contributed by atoms with van der Waals surface area (Å²) in [5.74, 6) is -0.552. The van der Waals surface area contributed by atoms with Crippen LogP contribution in [0.3, 0.4) is 0 Å². The highest BCUT2D eigenvalue weighted by Crippen LogP contribution is 2.64. The molecule has 0 aromatic heterocycles. The van der Waals surface area contributed by atoms with E-state index in [9.17, 15) is 9.90 Å². The maximum absolute atomic E-state index is 11.9. The van der Waals surface area contributed by atoms with E-state index in [0.717, 1.165) is 19.3 Å². The second-order valence-electron chi connectivity index (χ2n) is 9.06. The van der Waals surface area contributed by atoms with Gasteiger partial charge in [-0.15, -0.1) is 0 Å². The lowest BCUT2D eigenvalue weighted by atomic mass is 9.69. The first-order chi connectivity index (χ1) is 13.1. The lowest BCUT2D eigenvalue weighted by Gasteiger charge is -2.38. The van der Waals surface area contributed by atoms with E-state index in [-0.39, 0.29) is 24.0 Å². The number of ether oxygens (including phenoxy) is 4. The molecule has 2 aliphatic heterocycles. The molecule has 6 heteroatoms. The van der Waals surface area contributed by atoms with Gasteiger partial charge in [-0.3, -0.25) is 0 Å². The van der Waals surface area contributed by atoms with Crippen molar-refractivity contribution < 1.29 is 28.8 Å². The Hall–Kier alpha value is -1.11. The fraction of sp³-hybridized carbons (Fsp3) is 0.864. The van der Waals surface area contributed by atoms with Gasteiger partial charge in [-0.25, -0.2) is 4.79 Å². The predicted octanol–water partition coefficient (Wildman–Crippen LogP) is 3.57. The minimum absolute atomic E-state index is 0.0727. The molecule has 160 valence electrons. The Balaban J connectivity index is 2.08. The van der Waals surface area contributed by atoms with Gasteiger partial charge in [0.1, 0.15) is 17.0 Å². The number of rotatable bonds is 5. The fourth-order valence-corrected chi connectivity index (χ4v) is 6.03. The van der Waals surface area contributed by atoms with Gasteiger partial charge >= 0.3 is 5.97 Å². The molecule has 0 aromatic carbocycles. The SMILES string of the molecule is CC[C@@H]1C[C@@]2(CC)O/C(=C\C(=O)OC)[C@](O)(CC)[C@H]2[C@H]1[C@@H]1OC(C)(C)O[C@@H]1C. The topological polar surface area (TPSA) is 74.2 Å². The first-order valence-electron chi connectivity index (χ1n) is 10.6.